The summed E-state index contributed by atoms with van der Waals surface area (Å²) in [6, 6.07) is 19.7. The summed E-state index contributed by atoms with van der Waals surface area (Å²) in [7, 11) is 0. The second-order valence-electron chi connectivity index (χ2n) is 9.34. The lowest BCUT2D eigenvalue weighted by Gasteiger charge is -2.21. The summed E-state index contributed by atoms with van der Waals surface area (Å²) in [5, 5.41) is 5.85. The highest BCUT2D eigenvalue weighted by molar-refractivity contribution is 7.93. The van der Waals surface area contributed by atoms with Gasteiger partial charge in [0.25, 0.3) is 5.91 Å². The van der Waals surface area contributed by atoms with Gasteiger partial charge in [-0.25, -0.2) is 0 Å². The van der Waals surface area contributed by atoms with E-state index in [-0.39, 0.29) is 17.2 Å². The number of amides is 2. The lowest BCUT2D eigenvalue weighted by atomic mass is 9.85. The number of hydrogen-bond acceptors (Lipinski definition) is 5. The first kappa shape index (κ1) is 29.6. The van der Waals surface area contributed by atoms with E-state index in [1.807, 2.05) is 63.2 Å². The molecule has 194 valence electrons. The quantitative estimate of drug-likeness (QED) is 0.202. The maximum absolute atomic E-state index is 13.4. The van der Waals surface area contributed by atoms with Gasteiger partial charge in [0.1, 0.15) is 0 Å². The Kier molecular flexibility index (Phi) is 11.7. The van der Waals surface area contributed by atoms with Gasteiger partial charge in [-0.15, -0.1) is 11.3 Å². The summed E-state index contributed by atoms with van der Waals surface area (Å²) in [6.45, 7) is 12.9. The monoisotopic (exact) mass is 526 g/mol. The van der Waals surface area contributed by atoms with Crippen molar-refractivity contribution in [3.63, 3.8) is 0 Å². The van der Waals surface area contributed by atoms with Gasteiger partial charge in [-0.1, -0.05) is 76.6 Å². The Morgan fingerprint density at radius 1 is 0.972 bits per heavy atom. The molecule has 2 aromatic carbocycles. The van der Waals surface area contributed by atoms with Crippen LogP contribution in [0.25, 0.3) is 0 Å². The summed E-state index contributed by atoms with van der Waals surface area (Å²) < 4.78 is 8.82. The van der Waals surface area contributed by atoms with Gasteiger partial charge < -0.3 is 15.2 Å². The van der Waals surface area contributed by atoms with E-state index in [0.29, 0.717) is 35.6 Å². The molecule has 36 heavy (non-hydrogen) atoms. The second-order valence-corrected chi connectivity index (χ2v) is 11.2. The van der Waals surface area contributed by atoms with Crippen LogP contribution in [0.15, 0.2) is 60.7 Å². The molecule has 3 N–H and O–H groups in total. The lowest BCUT2D eigenvalue weighted by molar-refractivity contribution is -0.117. The second kappa shape index (κ2) is 14.2. The smallest absolute Gasteiger partial charge is 0.261 e. The van der Waals surface area contributed by atoms with Crippen LogP contribution in [0.4, 0.5) is 5.69 Å². The van der Waals surface area contributed by atoms with Crippen LogP contribution >= 0.6 is 23.4 Å². The minimum Gasteiger partial charge on any atom is -0.350 e. The Hall–Kier alpha value is -2.61. The number of hydrogen-bond donors (Lipinski definition) is 3. The van der Waals surface area contributed by atoms with Gasteiger partial charge in [0.05, 0.1) is 10.8 Å². The van der Waals surface area contributed by atoms with E-state index in [0.717, 1.165) is 21.7 Å². The first-order chi connectivity index (χ1) is 17.2. The van der Waals surface area contributed by atoms with E-state index >= 15 is 0 Å². The van der Waals surface area contributed by atoms with E-state index < -0.39 is 5.92 Å². The van der Waals surface area contributed by atoms with Crippen LogP contribution in [0.3, 0.4) is 0 Å². The normalized spacial score (nSPS) is 11.8. The van der Waals surface area contributed by atoms with Crippen LogP contribution in [0.1, 0.15) is 71.8 Å². The zero-order valence-electron chi connectivity index (χ0n) is 22.1. The average Bonchev–Trinajstić information content (AvgIpc) is 3.34. The fourth-order valence-electron chi connectivity index (χ4n) is 3.55. The van der Waals surface area contributed by atoms with Crippen molar-refractivity contribution in [3.05, 3.63) is 87.1 Å². The number of thiophene rings is 1. The molecule has 0 spiro atoms. The van der Waals surface area contributed by atoms with Gasteiger partial charge in [0, 0.05) is 22.9 Å². The van der Waals surface area contributed by atoms with Crippen LogP contribution in [0.5, 0.6) is 0 Å². The third-order valence-electron chi connectivity index (χ3n) is 5.58. The molecule has 1 unspecified atom stereocenters. The van der Waals surface area contributed by atoms with Crippen molar-refractivity contribution in [1.29, 1.82) is 0 Å². The topological polar surface area (TPSA) is 78.4 Å². The van der Waals surface area contributed by atoms with Crippen LogP contribution < -0.4 is 10.6 Å². The van der Waals surface area contributed by atoms with Crippen molar-refractivity contribution in [3.8, 4) is 0 Å². The minimum atomic E-state index is -0.393. The number of carbonyl (C=O) groups excluding carboxylic acids is 2. The fourth-order valence-corrected chi connectivity index (χ4v) is 4.71. The fraction of sp³-hybridized carbons (Fsp3) is 0.379. The number of anilines is 1. The number of nitrogens with one attached hydrogen (secondary N) is 2. The molecular weight excluding hydrogens is 488 g/mol. The first-order valence-corrected chi connectivity index (χ1v) is 14.0. The molecule has 1 heterocycles. The van der Waals surface area contributed by atoms with Gasteiger partial charge in [-0.3, -0.25) is 9.59 Å². The molecule has 3 rings (SSSR count). The zero-order chi connectivity index (χ0) is 26.7. The van der Waals surface area contributed by atoms with Crippen molar-refractivity contribution < 1.29 is 14.1 Å². The molecule has 0 saturated heterocycles. The summed E-state index contributed by atoms with van der Waals surface area (Å²) in [5.41, 5.74) is 4.08. The van der Waals surface area contributed by atoms with Crippen LogP contribution in [0.2, 0.25) is 0 Å². The highest BCUT2D eigenvalue weighted by Crippen LogP contribution is 2.29. The molecule has 0 aliphatic carbocycles. The molecule has 0 bridgehead atoms. The third kappa shape index (κ3) is 8.80. The van der Waals surface area contributed by atoms with Crippen molar-refractivity contribution in [1.82, 2.24) is 5.32 Å². The number of rotatable bonds is 9. The Balaban J connectivity index is 0.00000222. The summed E-state index contributed by atoms with van der Waals surface area (Å²) in [4.78, 5) is 27.3. The predicted octanol–water partition coefficient (Wildman–Crippen LogP) is 7.28. The Morgan fingerprint density at radius 3 is 2.19 bits per heavy atom. The van der Waals surface area contributed by atoms with E-state index in [2.05, 4.69) is 43.5 Å². The molecule has 2 amide bonds. The van der Waals surface area contributed by atoms with Gasteiger partial charge >= 0.3 is 0 Å². The molecule has 0 aliphatic rings. The largest absolute Gasteiger partial charge is 0.350 e. The Morgan fingerprint density at radius 2 is 1.61 bits per heavy atom. The standard InChI is InChI=1S/C27H32N2O3S2.C2H6/c1-18-5-11-21(12-6-18)29-25(30)23(19-7-9-20(10-8-19)27(2,3)4)17-22-13-14-24(34-22)26(31)28-15-16-33-32;1-2/h5-14,23,32H,15-17H2,1-4H3,(H,28,31)(H,29,30);1-2H3. The van der Waals surface area contributed by atoms with Gasteiger partial charge in [-0.05, 0) is 66.2 Å². The van der Waals surface area contributed by atoms with E-state index in [1.165, 1.54) is 16.9 Å². The van der Waals surface area contributed by atoms with Crippen molar-refractivity contribution in [2.24, 2.45) is 0 Å². The Labute approximate surface area is 223 Å². The van der Waals surface area contributed by atoms with Gasteiger partial charge in [-0.2, -0.15) is 0 Å². The van der Waals surface area contributed by atoms with Crippen molar-refractivity contribution >= 4 is 40.9 Å². The van der Waals surface area contributed by atoms with Crippen molar-refractivity contribution in [2.75, 3.05) is 17.6 Å². The summed E-state index contributed by atoms with van der Waals surface area (Å²) in [5.74, 6) is -0.196. The first-order valence-electron chi connectivity index (χ1n) is 12.3. The molecular formula is C29H38N2O3S2. The molecule has 1 aromatic heterocycles. The maximum Gasteiger partial charge on any atom is 0.261 e. The lowest BCUT2D eigenvalue weighted by Crippen LogP contribution is -2.24. The maximum atomic E-state index is 13.4. The van der Waals surface area contributed by atoms with Crippen molar-refractivity contribution in [2.45, 2.75) is 59.3 Å². The van der Waals surface area contributed by atoms with E-state index in [4.69, 9.17) is 4.55 Å². The molecule has 0 fully saturated rings. The van der Waals surface area contributed by atoms with Crippen LogP contribution in [-0.4, -0.2) is 28.7 Å². The molecule has 1 atom stereocenters. The molecule has 0 aliphatic heterocycles. The Bertz CT molecular complexity index is 1100. The van der Waals surface area contributed by atoms with E-state index in [9.17, 15) is 9.59 Å². The third-order valence-corrected chi connectivity index (χ3v) is 7.08. The van der Waals surface area contributed by atoms with E-state index in [1.54, 1.807) is 6.07 Å². The number of aryl methyl sites for hydroxylation is 1. The molecule has 3 aromatic rings. The van der Waals surface area contributed by atoms with Gasteiger partial charge in [0.15, 0.2) is 0 Å². The number of carbonyl (C=O) groups is 2. The van der Waals surface area contributed by atoms with Crippen LogP contribution in [-0.2, 0) is 16.6 Å². The SMILES string of the molecule is CC.Cc1ccc(NC(=O)C(Cc2ccc(C(=O)NCCSO)s2)c2ccc(C(C)(C)C)cc2)cc1. The average molecular weight is 527 g/mol. The van der Waals surface area contributed by atoms with Gasteiger partial charge in [0.2, 0.25) is 5.91 Å². The zero-order valence-corrected chi connectivity index (χ0v) is 23.7. The molecule has 7 heteroatoms. The highest BCUT2D eigenvalue weighted by Gasteiger charge is 2.24. The number of benzene rings is 2. The minimum absolute atomic E-state index is 0.0305. The summed E-state index contributed by atoms with van der Waals surface area (Å²) in [6.07, 6.45) is 0.497. The predicted molar refractivity (Wildman–Crippen MR) is 154 cm³/mol. The molecule has 0 radical (unpaired) electrons. The molecule has 0 saturated carbocycles. The van der Waals surface area contributed by atoms with Crippen LogP contribution in [0, 0.1) is 6.92 Å². The summed E-state index contributed by atoms with van der Waals surface area (Å²) >= 11 is 2.09. The highest BCUT2D eigenvalue weighted by atomic mass is 32.2. The molecule has 5 nitrogen and oxygen atoms in total.